The molecule has 0 saturated heterocycles. The summed E-state index contributed by atoms with van der Waals surface area (Å²) < 4.78 is 5.64. The van der Waals surface area contributed by atoms with Crippen LogP contribution in [-0.4, -0.2) is 35.4 Å². The van der Waals surface area contributed by atoms with Crippen molar-refractivity contribution in [1.29, 1.82) is 0 Å². The van der Waals surface area contributed by atoms with Crippen LogP contribution < -0.4 is 10.1 Å². The van der Waals surface area contributed by atoms with Crippen molar-refractivity contribution in [2.45, 2.75) is 57.7 Å². The smallest absolute Gasteiger partial charge is 0.261 e. The van der Waals surface area contributed by atoms with Crippen LogP contribution in [0.5, 0.6) is 5.75 Å². The summed E-state index contributed by atoms with van der Waals surface area (Å²) in [7, 11) is 0. The van der Waals surface area contributed by atoms with E-state index in [9.17, 15) is 9.59 Å². The molecule has 0 aromatic heterocycles. The van der Waals surface area contributed by atoms with Crippen LogP contribution in [0.2, 0.25) is 10.0 Å². The van der Waals surface area contributed by atoms with Crippen molar-refractivity contribution in [2.24, 2.45) is 0 Å². The van der Waals surface area contributed by atoms with E-state index >= 15 is 0 Å². The van der Waals surface area contributed by atoms with Gasteiger partial charge >= 0.3 is 0 Å². The molecule has 2 aromatic rings. The molecule has 0 radical (unpaired) electrons. The normalized spacial score (nSPS) is 15.2. The van der Waals surface area contributed by atoms with Crippen LogP contribution in [0.3, 0.4) is 0 Å². The highest BCUT2D eigenvalue weighted by atomic mass is 35.5. The van der Waals surface area contributed by atoms with Crippen LogP contribution in [0.25, 0.3) is 0 Å². The number of nitrogens with one attached hydrogen (secondary N) is 1. The Morgan fingerprint density at radius 2 is 1.77 bits per heavy atom. The zero-order valence-corrected chi connectivity index (χ0v) is 19.2. The molecule has 166 valence electrons. The van der Waals surface area contributed by atoms with Crippen LogP contribution in [0.4, 0.5) is 0 Å². The number of benzene rings is 2. The molecule has 1 saturated carbocycles. The Bertz CT molecular complexity index is 886. The highest BCUT2D eigenvalue weighted by molar-refractivity contribution is 6.42. The van der Waals surface area contributed by atoms with Gasteiger partial charge in [0.05, 0.1) is 10.0 Å². The van der Waals surface area contributed by atoms with Crippen LogP contribution in [0.15, 0.2) is 48.5 Å². The number of carbonyl (C=O) groups is 2. The number of para-hydroxylation sites is 1. The first-order valence-corrected chi connectivity index (χ1v) is 11.4. The predicted molar refractivity (Wildman–Crippen MR) is 123 cm³/mol. The molecular weight excluding hydrogens is 435 g/mol. The molecule has 31 heavy (non-hydrogen) atoms. The van der Waals surface area contributed by atoms with E-state index in [0.717, 1.165) is 31.2 Å². The lowest BCUT2D eigenvalue weighted by Crippen LogP contribution is -2.51. The van der Waals surface area contributed by atoms with E-state index < -0.39 is 6.04 Å². The molecule has 7 heteroatoms. The first-order chi connectivity index (χ1) is 14.9. The van der Waals surface area contributed by atoms with Gasteiger partial charge in [-0.2, -0.15) is 0 Å². The highest BCUT2D eigenvalue weighted by Crippen LogP contribution is 2.24. The number of carbonyl (C=O) groups excluding carboxylic acids is 2. The largest absolute Gasteiger partial charge is 0.484 e. The average Bonchev–Trinajstić information content (AvgIpc) is 2.79. The number of amides is 2. The minimum atomic E-state index is -0.650. The van der Waals surface area contributed by atoms with Crippen molar-refractivity contribution >= 4 is 35.0 Å². The van der Waals surface area contributed by atoms with E-state index in [4.69, 9.17) is 27.9 Å². The van der Waals surface area contributed by atoms with E-state index in [1.54, 1.807) is 37.3 Å². The maximum absolute atomic E-state index is 13.1. The van der Waals surface area contributed by atoms with E-state index in [2.05, 4.69) is 5.32 Å². The first kappa shape index (κ1) is 23.4. The van der Waals surface area contributed by atoms with Gasteiger partial charge in [0.25, 0.3) is 5.91 Å². The summed E-state index contributed by atoms with van der Waals surface area (Å²) in [5.74, 6) is 0.172. The first-order valence-electron chi connectivity index (χ1n) is 10.7. The third-order valence-electron chi connectivity index (χ3n) is 5.56. The van der Waals surface area contributed by atoms with Crippen molar-refractivity contribution < 1.29 is 14.3 Å². The highest BCUT2D eigenvalue weighted by Gasteiger charge is 2.28. The maximum atomic E-state index is 13.1. The number of hydrogen-bond donors (Lipinski definition) is 1. The molecule has 1 aliphatic carbocycles. The summed E-state index contributed by atoms with van der Waals surface area (Å²) in [6.07, 6.45) is 5.42. The zero-order valence-electron chi connectivity index (χ0n) is 17.7. The number of ether oxygens (including phenoxy) is 1. The second kappa shape index (κ2) is 11.4. The quantitative estimate of drug-likeness (QED) is 0.583. The van der Waals surface area contributed by atoms with Gasteiger partial charge < -0.3 is 15.0 Å². The molecule has 0 heterocycles. The van der Waals surface area contributed by atoms with Crippen molar-refractivity contribution in [3.8, 4) is 5.75 Å². The van der Waals surface area contributed by atoms with Crippen LogP contribution in [0.1, 0.15) is 44.6 Å². The van der Waals surface area contributed by atoms with E-state index in [0.29, 0.717) is 15.8 Å². The summed E-state index contributed by atoms with van der Waals surface area (Å²) in [5, 5.41) is 3.97. The summed E-state index contributed by atoms with van der Waals surface area (Å²) in [4.78, 5) is 27.6. The number of rotatable bonds is 8. The fourth-order valence-electron chi connectivity index (χ4n) is 3.73. The third kappa shape index (κ3) is 6.88. The van der Waals surface area contributed by atoms with Gasteiger partial charge in [-0.25, -0.2) is 0 Å². The van der Waals surface area contributed by atoms with Gasteiger partial charge in [0.1, 0.15) is 11.8 Å². The second-order valence-electron chi connectivity index (χ2n) is 7.89. The van der Waals surface area contributed by atoms with Crippen molar-refractivity contribution in [1.82, 2.24) is 10.2 Å². The van der Waals surface area contributed by atoms with Gasteiger partial charge in [-0.05, 0) is 49.6 Å². The Kier molecular flexibility index (Phi) is 8.61. The van der Waals surface area contributed by atoms with E-state index in [1.807, 2.05) is 18.2 Å². The Balaban J connectivity index is 1.72. The molecule has 0 unspecified atom stereocenters. The topological polar surface area (TPSA) is 58.6 Å². The number of hydrogen-bond acceptors (Lipinski definition) is 3. The Morgan fingerprint density at radius 3 is 2.45 bits per heavy atom. The fourth-order valence-corrected chi connectivity index (χ4v) is 4.05. The molecule has 0 spiro atoms. The lowest BCUT2D eigenvalue weighted by atomic mass is 9.95. The Morgan fingerprint density at radius 1 is 1.06 bits per heavy atom. The molecule has 0 aliphatic heterocycles. The van der Waals surface area contributed by atoms with Crippen molar-refractivity contribution in [3.63, 3.8) is 0 Å². The van der Waals surface area contributed by atoms with Gasteiger partial charge in [-0.15, -0.1) is 0 Å². The van der Waals surface area contributed by atoms with Crippen LogP contribution in [0, 0.1) is 0 Å². The van der Waals surface area contributed by atoms with Gasteiger partial charge in [0.15, 0.2) is 6.61 Å². The molecule has 0 bridgehead atoms. The molecule has 1 N–H and O–H groups in total. The van der Waals surface area contributed by atoms with Crippen molar-refractivity contribution in [3.05, 3.63) is 64.1 Å². The molecular formula is C24H28Cl2N2O3. The summed E-state index contributed by atoms with van der Waals surface area (Å²) >= 11 is 12.2. The molecule has 5 nitrogen and oxygen atoms in total. The molecule has 1 atom stereocenters. The maximum Gasteiger partial charge on any atom is 0.261 e. The lowest BCUT2D eigenvalue weighted by molar-refractivity contribution is -0.142. The Hall–Kier alpha value is -2.24. The van der Waals surface area contributed by atoms with Crippen LogP contribution in [-0.2, 0) is 16.1 Å². The zero-order chi connectivity index (χ0) is 22.2. The monoisotopic (exact) mass is 462 g/mol. The SMILES string of the molecule is C[C@@H](C(=O)NC1CCCCC1)N(Cc1ccc(Cl)c(Cl)c1)C(=O)COc1ccccc1. The van der Waals surface area contributed by atoms with Crippen LogP contribution >= 0.6 is 23.2 Å². The summed E-state index contributed by atoms with van der Waals surface area (Å²) in [5.41, 5.74) is 0.791. The van der Waals surface area contributed by atoms with Gasteiger partial charge in [0, 0.05) is 12.6 Å². The molecule has 2 amide bonds. The minimum absolute atomic E-state index is 0.153. The molecule has 3 rings (SSSR count). The molecule has 1 fully saturated rings. The standard InChI is InChI=1S/C24H28Cl2N2O3/c1-17(24(30)27-19-8-4-2-5-9-19)28(15-18-12-13-21(25)22(26)14-18)23(29)16-31-20-10-6-3-7-11-20/h3,6-7,10-14,17,19H,2,4-5,8-9,15-16H2,1H3,(H,27,30)/t17-/m0/s1. The lowest BCUT2D eigenvalue weighted by Gasteiger charge is -2.31. The predicted octanol–water partition coefficient (Wildman–Crippen LogP) is 5.24. The third-order valence-corrected chi connectivity index (χ3v) is 6.30. The number of nitrogens with zero attached hydrogens (tertiary/aromatic N) is 1. The molecule has 2 aromatic carbocycles. The summed E-state index contributed by atoms with van der Waals surface area (Å²) in [6.45, 7) is 1.82. The molecule has 1 aliphatic rings. The number of halogens is 2. The van der Waals surface area contributed by atoms with Gasteiger partial charge in [-0.3, -0.25) is 9.59 Å². The van der Waals surface area contributed by atoms with Gasteiger partial charge in [-0.1, -0.05) is 66.7 Å². The van der Waals surface area contributed by atoms with Gasteiger partial charge in [0.2, 0.25) is 5.91 Å². The average molecular weight is 463 g/mol. The van der Waals surface area contributed by atoms with E-state index in [-0.39, 0.29) is 31.0 Å². The fraction of sp³-hybridized carbons (Fsp3) is 0.417. The minimum Gasteiger partial charge on any atom is -0.484 e. The second-order valence-corrected chi connectivity index (χ2v) is 8.71. The summed E-state index contributed by atoms with van der Waals surface area (Å²) in [6, 6.07) is 13.9. The van der Waals surface area contributed by atoms with E-state index in [1.165, 1.54) is 11.3 Å². The van der Waals surface area contributed by atoms with Crippen molar-refractivity contribution in [2.75, 3.05) is 6.61 Å². The Labute approximate surface area is 193 Å².